The molecule has 1 fully saturated rings. The molecule has 3 rings (SSSR count). The summed E-state index contributed by atoms with van der Waals surface area (Å²) < 4.78 is 13.3. The number of H-pyrrole nitrogens is 1. The van der Waals surface area contributed by atoms with Crippen molar-refractivity contribution in [3.63, 3.8) is 0 Å². The molecular formula is C23H30FN5. The lowest BCUT2D eigenvalue weighted by molar-refractivity contribution is 0.163. The minimum atomic E-state index is -0.270. The van der Waals surface area contributed by atoms with Crippen LogP contribution < -0.4 is 11.1 Å². The van der Waals surface area contributed by atoms with E-state index >= 15 is 0 Å². The summed E-state index contributed by atoms with van der Waals surface area (Å²) in [6.07, 6.45) is 11.1. The minimum absolute atomic E-state index is 0.270. The van der Waals surface area contributed by atoms with E-state index in [0.29, 0.717) is 11.9 Å². The van der Waals surface area contributed by atoms with Gasteiger partial charge < -0.3 is 11.1 Å². The summed E-state index contributed by atoms with van der Waals surface area (Å²) in [5.41, 5.74) is 9.67. The van der Waals surface area contributed by atoms with Crippen LogP contribution in [0, 0.1) is 5.82 Å². The van der Waals surface area contributed by atoms with E-state index in [9.17, 15) is 4.39 Å². The second-order valence-electron chi connectivity index (χ2n) is 7.43. The van der Waals surface area contributed by atoms with Crippen LogP contribution in [-0.2, 0) is 0 Å². The Morgan fingerprint density at radius 2 is 2.17 bits per heavy atom. The first-order valence-electron chi connectivity index (χ1n) is 10.2. The third-order valence-corrected chi connectivity index (χ3v) is 5.36. The summed E-state index contributed by atoms with van der Waals surface area (Å²) in [6.45, 7) is 9.03. The van der Waals surface area contributed by atoms with E-state index in [1.54, 1.807) is 24.4 Å². The molecule has 0 aliphatic carbocycles. The molecule has 5 nitrogen and oxygen atoms in total. The van der Waals surface area contributed by atoms with E-state index in [2.05, 4.69) is 33.9 Å². The third-order valence-electron chi connectivity index (χ3n) is 5.36. The highest BCUT2D eigenvalue weighted by atomic mass is 19.1. The molecule has 6 heteroatoms. The summed E-state index contributed by atoms with van der Waals surface area (Å²) in [5, 5.41) is 10.5. The van der Waals surface area contributed by atoms with Crippen LogP contribution in [0.1, 0.15) is 31.7 Å². The minimum Gasteiger partial charge on any atom is -0.386 e. The van der Waals surface area contributed by atoms with Gasteiger partial charge in [-0.1, -0.05) is 25.2 Å². The molecule has 0 radical (unpaired) electrons. The van der Waals surface area contributed by atoms with Gasteiger partial charge in [-0.25, -0.2) is 4.39 Å². The molecule has 1 aromatic carbocycles. The standard InChI is InChI=1S/C23H30FN5/c1-3-6-19(15-22(25)26-12-14-29-13-5-4-7-17(29)2)21-16-27-28-23(21)18-8-10-20(24)11-9-18/h3,6,8-11,15-17,26H,1,4-5,7,12-14,25H2,2H3,(H,27,28)/b19-6+,22-15+. The molecule has 154 valence electrons. The molecule has 0 amide bonds. The van der Waals surface area contributed by atoms with Crippen LogP contribution in [0.25, 0.3) is 16.8 Å². The number of piperidine rings is 1. The molecule has 1 aliphatic heterocycles. The summed E-state index contributed by atoms with van der Waals surface area (Å²) in [5.74, 6) is 0.321. The van der Waals surface area contributed by atoms with Crippen LogP contribution in [0.5, 0.6) is 0 Å². The topological polar surface area (TPSA) is 70.0 Å². The van der Waals surface area contributed by atoms with Gasteiger partial charge in [-0.05, 0) is 62.2 Å². The van der Waals surface area contributed by atoms with Crippen molar-refractivity contribution in [2.24, 2.45) is 5.73 Å². The number of benzene rings is 1. The quantitative estimate of drug-likeness (QED) is 0.590. The maximum absolute atomic E-state index is 13.3. The van der Waals surface area contributed by atoms with Gasteiger partial charge in [0, 0.05) is 30.3 Å². The molecular weight excluding hydrogens is 365 g/mol. The van der Waals surface area contributed by atoms with E-state index < -0.39 is 0 Å². The van der Waals surface area contributed by atoms with E-state index in [-0.39, 0.29) is 5.82 Å². The molecule has 0 saturated carbocycles. The van der Waals surface area contributed by atoms with Crippen LogP contribution in [0.3, 0.4) is 0 Å². The lowest BCUT2D eigenvalue weighted by atomic mass is 10.0. The number of nitrogens with zero attached hydrogens (tertiary/aromatic N) is 2. The van der Waals surface area contributed by atoms with Crippen molar-refractivity contribution >= 4 is 5.57 Å². The van der Waals surface area contributed by atoms with E-state index in [1.165, 1.54) is 31.4 Å². The second kappa shape index (κ2) is 10.1. The highest BCUT2D eigenvalue weighted by Gasteiger charge is 2.17. The maximum atomic E-state index is 13.3. The third kappa shape index (κ3) is 5.57. The number of hydrogen-bond donors (Lipinski definition) is 3. The Labute approximate surface area is 172 Å². The number of allylic oxidation sites excluding steroid dienone is 4. The Morgan fingerprint density at radius 1 is 1.38 bits per heavy atom. The fourth-order valence-electron chi connectivity index (χ4n) is 3.74. The summed E-state index contributed by atoms with van der Waals surface area (Å²) in [4.78, 5) is 2.51. The molecule has 1 aromatic heterocycles. The molecule has 4 N–H and O–H groups in total. The molecule has 2 aromatic rings. The number of aromatic nitrogens is 2. The molecule has 1 aliphatic rings. The van der Waals surface area contributed by atoms with Crippen molar-refractivity contribution in [3.8, 4) is 11.3 Å². The molecule has 1 saturated heterocycles. The van der Waals surface area contributed by atoms with E-state index in [4.69, 9.17) is 5.73 Å². The van der Waals surface area contributed by atoms with Gasteiger partial charge in [0.05, 0.1) is 17.7 Å². The Bertz CT molecular complexity index is 866. The van der Waals surface area contributed by atoms with Gasteiger partial charge in [0.2, 0.25) is 0 Å². The van der Waals surface area contributed by atoms with Crippen LogP contribution in [0.15, 0.2) is 61.1 Å². The normalized spacial score (nSPS) is 18.6. The number of nitrogens with two attached hydrogens (primary N) is 1. The highest BCUT2D eigenvalue weighted by molar-refractivity contribution is 5.84. The van der Waals surface area contributed by atoms with Gasteiger partial charge in [0.1, 0.15) is 5.82 Å². The average Bonchev–Trinajstić information content (AvgIpc) is 3.19. The zero-order valence-corrected chi connectivity index (χ0v) is 17.0. The fourth-order valence-corrected chi connectivity index (χ4v) is 3.74. The number of aromatic amines is 1. The van der Waals surface area contributed by atoms with Gasteiger partial charge in [0.15, 0.2) is 0 Å². The van der Waals surface area contributed by atoms with E-state index in [0.717, 1.165) is 42.0 Å². The van der Waals surface area contributed by atoms with Crippen LogP contribution >= 0.6 is 0 Å². The lowest BCUT2D eigenvalue weighted by Gasteiger charge is -2.33. The largest absolute Gasteiger partial charge is 0.386 e. The number of likely N-dealkylation sites (tertiary alicyclic amines) is 1. The predicted molar refractivity (Wildman–Crippen MR) is 117 cm³/mol. The first-order chi connectivity index (χ1) is 14.1. The summed E-state index contributed by atoms with van der Waals surface area (Å²) >= 11 is 0. The zero-order chi connectivity index (χ0) is 20.6. The first-order valence-corrected chi connectivity index (χ1v) is 10.2. The highest BCUT2D eigenvalue weighted by Crippen LogP contribution is 2.28. The number of rotatable bonds is 8. The van der Waals surface area contributed by atoms with Crippen molar-refractivity contribution in [2.45, 2.75) is 32.2 Å². The smallest absolute Gasteiger partial charge is 0.123 e. The Morgan fingerprint density at radius 3 is 2.90 bits per heavy atom. The lowest BCUT2D eigenvalue weighted by Crippen LogP contribution is -2.41. The molecule has 2 heterocycles. The average molecular weight is 396 g/mol. The number of halogens is 1. The summed E-state index contributed by atoms with van der Waals surface area (Å²) in [7, 11) is 0. The maximum Gasteiger partial charge on any atom is 0.123 e. The van der Waals surface area contributed by atoms with Crippen molar-refractivity contribution in [2.75, 3.05) is 19.6 Å². The van der Waals surface area contributed by atoms with Gasteiger partial charge in [-0.3, -0.25) is 10.00 Å². The van der Waals surface area contributed by atoms with Crippen LogP contribution in [0.2, 0.25) is 0 Å². The van der Waals surface area contributed by atoms with Crippen molar-refractivity contribution < 1.29 is 4.39 Å². The van der Waals surface area contributed by atoms with Crippen molar-refractivity contribution in [1.29, 1.82) is 0 Å². The number of hydrogen-bond acceptors (Lipinski definition) is 4. The predicted octanol–water partition coefficient (Wildman–Crippen LogP) is 4.05. The molecule has 0 spiro atoms. The molecule has 1 atom stereocenters. The Balaban J connectivity index is 1.70. The Kier molecular flexibility index (Phi) is 7.25. The summed E-state index contributed by atoms with van der Waals surface area (Å²) in [6, 6.07) is 6.96. The monoisotopic (exact) mass is 395 g/mol. The fraction of sp³-hybridized carbons (Fsp3) is 0.348. The zero-order valence-electron chi connectivity index (χ0n) is 17.0. The number of nitrogens with one attached hydrogen (secondary N) is 2. The van der Waals surface area contributed by atoms with Gasteiger partial charge in [-0.15, -0.1) is 0 Å². The molecule has 0 bridgehead atoms. The Hall–Kier alpha value is -2.86. The van der Waals surface area contributed by atoms with Gasteiger partial charge in [0.25, 0.3) is 0 Å². The van der Waals surface area contributed by atoms with Gasteiger partial charge in [-0.2, -0.15) is 5.10 Å². The van der Waals surface area contributed by atoms with Gasteiger partial charge >= 0.3 is 0 Å². The first kappa shape index (κ1) is 20.9. The van der Waals surface area contributed by atoms with Crippen molar-refractivity contribution in [3.05, 3.63) is 72.5 Å². The van der Waals surface area contributed by atoms with E-state index in [1.807, 2.05) is 12.2 Å². The second-order valence-corrected chi connectivity index (χ2v) is 7.43. The molecule has 1 unspecified atom stereocenters. The van der Waals surface area contributed by atoms with Crippen LogP contribution in [0.4, 0.5) is 4.39 Å². The molecule has 29 heavy (non-hydrogen) atoms. The van der Waals surface area contributed by atoms with Crippen LogP contribution in [-0.4, -0.2) is 40.8 Å². The SMILES string of the molecule is C=C/C=C(\C=C(/N)NCCN1CCCCC1C)c1cn[nH]c1-c1ccc(F)cc1. The van der Waals surface area contributed by atoms with Crippen molar-refractivity contribution in [1.82, 2.24) is 20.4 Å².